The zero-order chi connectivity index (χ0) is 23.6. The quantitative estimate of drug-likeness (QED) is 0.566. The molecule has 172 valence electrons. The van der Waals surface area contributed by atoms with Gasteiger partial charge in [0, 0.05) is 35.7 Å². The first-order chi connectivity index (χ1) is 15.8. The summed E-state index contributed by atoms with van der Waals surface area (Å²) >= 11 is 0. The molecular weight excluding hydrogens is 414 g/mol. The second kappa shape index (κ2) is 9.34. The third-order valence-electron chi connectivity index (χ3n) is 6.51. The van der Waals surface area contributed by atoms with Crippen molar-refractivity contribution in [2.75, 3.05) is 13.7 Å². The van der Waals surface area contributed by atoms with Gasteiger partial charge >= 0.3 is 5.97 Å². The Morgan fingerprint density at radius 2 is 1.76 bits per heavy atom. The number of hydrogen-bond acceptors (Lipinski definition) is 5. The van der Waals surface area contributed by atoms with Crippen molar-refractivity contribution in [3.8, 4) is 5.75 Å². The van der Waals surface area contributed by atoms with E-state index in [0.29, 0.717) is 30.5 Å². The summed E-state index contributed by atoms with van der Waals surface area (Å²) in [7, 11) is 1.62. The van der Waals surface area contributed by atoms with Gasteiger partial charge in [-0.05, 0) is 42.0 Å². The predicted molar refractivity (Wildman–Crippen MR) is 128 cm³/mol. The van der Waals surface area contributed by atoms with Gasteiger partial charge in [0.1, 0.15) is 11.7 Å². The van der Waals surface area contributed by atoms with Crippen molar-refractivity contribution in [1.29, 1.82) is 0 Å². The highest BCUT2D eigenvalue weighted by atomic mass is 16.5. The summed E-state index contributed by atoms with van der Waals surface area (Å²) in [6.45, 7) is 6.34. The number of ether oxygens (including phenoxy) is 2. The van der Waals surface area contributed by atoms with E-state index in [4.69, 9.17) is 14.5 Å². The van der Waals surface area contributed by atoms with Gasteiger partial charge in [0.05, 0.1) is 13.7 Å². The molecule has 2 aromatic carbocycles. The van der Waals surface area contributed by atoms with E-state index in [1.54, 1.807) is 7.11 Å². The number of carbonyl (C=O) groups is 2. The van der Waals surface area contributed by atoms with Crippen LogP contribution in [0.25, 0.3) is 0 Å². The molecule has 33 heavy (non-hydrogen) atoms. The van der Waals surface area contributed by atoms with Crippen LogP contribution >= 0.6 is 0 Å². The number of esters is 1. The normalized spacial score (nSPS) is 21.8. The number of carbonyl (C=O) groups excluding carboxylic acids is 2. The second-order valence-electron chi connectivity index (χ2n) is 9.69. The van der Waals surface area contributed by atoms with Gasteiger partial charge in [-0.3, -0.25) is 14.6 Å². The number of aliphatic imine (C=N–C) groups is 1. The number of nitrogens with zero attached hydrogens (tertiary/aromatic N) is 1. The molecule has 0 aromatic heterocycles. The lowest BCUT2D eigenvalue weighted by Gasteiger charge is -2.39. The molecular formula is C28H31NO4. The molecule has 0 saturated heterocycles. The van der Waals surface area contributed by atoms with Crippen LogP contribution in [0.2, 0.25) is 0 Å². The fourth-order valence-electron chi connectivity index (χ4n) is 4.93. The van der Waals surface area contributed by atoms with Crippen molar-refractivity contribution in [2.24, 2.45) is 16.3 Å². The fourth-order valence-corrected chi connectivity index (χ4v) is 4.93. The monoisotopic (exact) mass is 445 g/mol. The lowest BCUT2D eigenvalue weighted by atomic mass is 9.67. The molecule has 1 unspecified atom stereocenters. The van der Waals surface area contributed by atoms with Gasteiger partial charge in [-0.2, -0.15) is 0 Å². The van der Waals surface area contributed by atoms with E-state index in [0.717, 1.165) is 22.6 Å². The Balaban J connectivity index is 1.65. The highest BCUT2D eigenvalue weighted by molar-refractivity contribution is 6.09. The predicted octanol–water partition coefficient (Wildman–Crippen LogP) is 5.30. The van der Waals surface area contributed by atoms with Gasteiger partial charge in [0.15, 0.2) is 5.78 Å². The molecule has 1 aliphatic heterocycles. The second-order valence-corrected chi connectivity index (χ2v) is 9.69. The Labute approximate surface area is 195 Å². The molecule has 0 spiro atoms. The van der Waals surface area contributed by atoms with Crippen LogP contribution in [0.3, 0.4) is 0 Å². The van der Waals surface area contributed by atoms with E-state index in [2.05, 4.69) is 13.8 Å². The molecule has 4 rings (SSSR count). The maximum atomic E-state index is 13.4. The molecule has 1 heterocycles. The topological polar surface area (TPSA) is 65.0 Å². The summed E-state index contributed by atoms with van der Waals surface area (Å²) in [5, 5.41) is 0. The van der Waals surface area contributed by atoms with Crippen molar-refractivity contribution in [3.63, 3.8) is 0 Å². The minimum atomic E-state index is -0.627. The number of benzene rings is 2. The van der Waals surface area contributed by atoms with E-state index in [1.807, 2.05) is 61.5 Å². The number of ketones is 1. The first-order valence-electron chi connectivity index (χ1n) is 11.4. The van der Waals surface area contributed by atoms with E-state index >= 15 is 0 Å². The van der Waals surface area contributed by atoms with Crippen LogP contribution in [0.15, 0.2) is 70.9 Å². The average molecular weight is 446 g/mol. The molecule has 0 amide bonds. The Bertz CT molecular complexity index is 1100. The van der Waals surface area contributed by atoms with Crippen LogP contribution in [0.4, 0.5) is 0 Å². The first kappa shape index (κ1) is 23.0. The third kappa shape index (κ3) is 4.92. The molecule has 2 atom stereocenters. The SMILES string of the molecule is COc1ccc([C@H]2C3=C(CC(C)(C)CC3=O)N=C(C)C2C(=O)OCCc2ccccc2)cc1. The maximum Gasteiger partial charge on any atom is 0.315 e. The zero-order valence-corrected chi connectivity index (χ0v) is 19.8. The molecule has 5 heteroatoms. The van der Waals surface area contributed by atoms with Crippen molar-refractivity contribution in [2.45, 2.75) is 46.0 Å². The highest BCUT2D eigenvalue weighted by Crippen LogP contribution is 2.48. The van der Waals surface area contributed by atoms with E-state index < -0.39 is 11.8 Å². The van der Waals surface area contributed by atoms with Crippen LogP contribution in [0.1, 0.15) is 50.7 Å². The number of allylic oxidation sites excluding steroid dienone is 2. The minimum absolute atomic E-state index is 0.0698. The molecule has 1 aliphatic carbocycles. The molecule has 0 radical (unpaired) electrons. The maximum absolute atomic E-state index is 13.4. The summed E-state index contributed by atoms with van der Waals surface area (Å²) in [6.07, 6.45) is 1.81. The van der Waals surface area contributed by atoms with E-state index in [-0.39, 0.29) is 23.8 Å². The minimum Gasteiger partial charge on any atom is -0.497 e. The van der Waals surface area contributed by atoms with Crippen molar-refractivity contribution in [3.05, 3.63) is 77.0 Å². The Morgan fingerprint density at radius 3 is 2.42 bits per heavy atom. The van der Waals surface area contributed by atoms with Gasteiger partial charge in [0.2, 0.25) is 0 Å². The lowest BCUT2D eigenvalue weighted by Crippen LogP contribution is -2.39. The van der Waals surface area contributed by atoms with Gasteiger partial charge < -0.3 is 9.47 Å². The Morgan fingerprint density at radius 1 is 1.06 bits per heavy atom. The summed E-state index contributed by atoms with van der Waals surface area (Å²) < 4.78 is 11.0. The molecule has 0 N–H and O–H groups in total. The van der Waals surface area contributed by atoms with E-state index in [9.17, 15) is 9.59 Å². The first-order valence-corrected chi connectivity index (χ1v) is 11.4. The number of Topliss-reactive ketones (excluding diaryl/α,β-unsaturated/α-hetero) is 1. The molecule has 0 saturated carbocycles. The van der Waals surface area contributed by atoms with Gasteiger partial charge in [0.25, 0.3) is 0 Å². The number of hydrogen-bond donors (Lipinski definition) is 0. The average Bonchev–Trinajstić information content (AvgIpc) is 2.78. The van der Waals surface area contributed by atoms with Crippen LogP contribution in [0, 0.1) is 11.3 Å². The summed E-state index contributed by atoms with van der Waals surface area (Å²) in [5.41, 5.74) is 4.03. The van der Waals surface area contributed by atoms with Crippen LogP contribution in [0.5, 0.6) is 5.75 Å². The zero-order valence-electron chi connectivity index (χ0n) is 19.8. The highest BCUT2D eigenvalue weighted by Gasteiger charge is 2.46. The van der Waals surface area contributed by atoms with Crippen LogP contribution in [-0.2, 0) is 20.7 Å². The summed E-state index contributed by atoms with van der Waals surface area (Å²) in [5.74, 6) is -0.570. The van der Waals surface area contributed by atoms with Gasteiger partial charge in [-0.1, -0.05) is 56.3 Å². The number of rotatable bonds is 6. The van der Waals surface area contributed by atoms with Crippen molar-refractivity contribution in [1.82, 2.24) is 0 Å². The van der Waals surface area contributed by atoms with Crippen LogP contribution < -0.4 is 4.74 Å². The standard InChI is InChI=1S/C28H31NO4/c1-18-24(27(31)33-15-14-19-8-6-5-7-9-19)25(20-10-12-21(32-4)13-11-20)26-22(29-18)16-28(2,3)17-23(26)30/h5-13,24-25H,14-17H2,1-4H3/t24?,25-/m1/s1. The lowest BCUT2D eigenvalue weighted by molar-refractivity contribution is -0.146. The molecule has 2 aromatic rings. The molecule has 2 aliphatic rings. The third-order valence-corrected chi connectivity index (χ3v) is 6.51. The number of methoxy groups -OCH3 is 1. The Hall–Kier alpha value is -3.21. The van der Waals surface area contributed by atoms with E-state index in [1.165, 1.54) is 0 Å². The van der Waals surface area contributed by atoms with Gasteiger partial charge in [-0.25, -0.2) is 0 Å². The van der Waals surface area contributed by atoms with Crippen LogP contribution in [-0.4, -0.2) is 31.2 Å². The summed E-state index contributed by atoms with van der Waals surface area (Å²) in [6, 6.07) is 17.5. The molecule has 0 bridgehead atoms. The summed E-state index contributed by atoms with van der Waals surface area (Å²) in [4.78, 5) is 31.5. The molecule has 5 nitrogen and oxygen atoms in total. The fraction of sp³-hybridized carbons (Fsp3) is 0.393. The smallest absolute Gasteiger partial charge is 0.315 e. The largest absolute Gasteiger partial charge is 0.497 e. The van der Waals surface area contributed by atoms with Gasteiger partial charge in [-0.15, -0.1) is 0 Å². The van der Waals surface area contributed by atoms with Crippen molar-refractivity contribution >= 4 is 17.5 Å². The molecule has 0 fully saturated rings. The van der Waals surface area contributed by atoms with Crippen molar-refractivity contribution < 1.29 is 19.1 Å². The Kier molecular flexibility index (Phi) is 6.50.